The number of anilines is 2. The van der Waals surface area contributed by atoms with Crippen LogP contribution in [0.15, 0.2) is 30.5 Å². The summed E-state index contributed by atoms with van der Waals surface area (Å²) in [6, 6.07) is 7.62. The molecule has 2 atom stereocenters. The van der Waals surface area contributed by atoms with E-state index in [0.717, 1.165) is 0 Å². The van der Waals surface area contributed by atoms with E-state index in [1.165, 1.54) is 30.5 Å². The van der Waals surface area contributed by atoms with E-state index in [1.807, 2.05) is 6.92 Å². The molecule has 2 amide bonds. The Bertz CT molecular complexity index is 991. The van der Waals surface area contributed by atoms with Gasteiger partial charge in [-0.2, -0.15) is 10.4 Å². The number of nitrogens with one attached hydrogen (secondary N) is 2. The summed E-state index contributed by atoms with van der Waals surface area (Å²) in [7, 11) is 0. The summed E-state index contributed by atoms with van der Waals surface area (Å²) >= 11 is 0. The van der Waals surface area contributed by atoms with Crippen molar-refractivity contribution in [1.29, 1.82) is 5.26 Å². The van der Waals surface area contributed by atoms with Crippen LogP contribution in [-0.2, 0) is 4.74 Å². The lowest BCUT2D eigenvalue weighted by Gasteiger charge is -2.22. The van der Waals surface area contributed by atoms with Crippen LogP contribution in [0.25, 0.3) is 0 Å². The summed E-state index contributed by atoms with van der Waals surface area (Å²) in [6.07, 6.45) is 2.69. The van der Waals surface area contributed by atoms with E-state index < -0.39 is 23.5 Å². The fourth-order valence-corrected chi connectivity index (χ4v) is 3.33. The summed E-state index contributed by atoms with van der Waals surface area (Å²) < 4.78 is 20.0. The van der Waals surface area contributed by atoms with Gasteiger partial charge in [-0.05, 0) is 64.3 Å². The van der Waals surface area contributed by atoms with Crippen molar-refractivity contribution in [3.8, 4) is 6.07 Å². The first-order valence-corrected chi connectivity index (χ1v) is 10.8. The Balaban J connectivity index is 2.08. The van der Waals surface area contributed by atoms with E-state index >= 15 is 0 Å². The average molecular weight is 459 g/mol. The highest BCUT2D eigenvalue weighted by atomic mass is 19.1. The first-order valence-electron chi connectivity index (χ1n) is 10.8. The molecule has 2 rings (SSSR count). The Morgan fingerprint density at radius 2 is 1.97 bits per heavy atom. The Hall–Kier alpha value is -3.61. The molecule has 2 aromatic rings. The molecule has 178 valence electrons. The van der Waals surface area contributed by atoms with Gasteiger partial charge in [-0.1, -0.05) is 6.92 Å². The Morgan fingerprint density at radius 1 is 1.30 bits per heavy atom. The number of amides is 2. The van der Waals surface area contributed by atoms with Gasteiger partial charge < -0.3 is 21.1 Å². The number of nitrogens with zero attached hydrogens (tertiary/aromatic N) is 3. The van der Waals surface area contributed by atoms with Gasteiger partial charge in [0.05, 0.1) is 18.0 Å². The molecular weight excluding hydrogens is 427 g/mol. The molecule has 1 heterocycles. The van der Waals surface area contributed by atoms with Crippen LogP contribution in [-0.4, -0.2) is 33.9 Å². The molecule has 1 aromatic heterocycles. The van der Waals surface area contributed by atoms with Gasteiger partial charge in [-0.15, -0.1) is 0 Å². The molecule has 33 heavy (non-hydrogen) atoms. The maximum Gasteiger partial charge on any atom is 0.407 e. The number of ether oxygens (including phenoxy) is 1. The zero-order chi connectivity index (χ0) is 24.6. The van der Waals surface area contributed by atoms with Gasteiger partial charge in [0.2, 0.25) is 0 Å². The maximum absolute atomic E-state index is 13.2. The number of aromatic nitrogens is 2. The molecule has 0 fully saturated rings. The first kappa shape index (κ1) is 25.6. The lowest BCUT2D eigenvalue weighted by Crippen LogP contribution is -2.33. The normalized spacial score (nSPS) is 13.0. The Labute approximate surface area is 193 Å². The van der Waals surface area contributed by atoms with Gasteiger partial charge in [0.1, 0.15) is 17.0 Å². The number of rotatable bonds is 10. The van der Waals surface area contributed by atoms with Crippen LogP contribution < -0.4 is 16.4 Å². The standard InChI is InChI=1S/C23H31FN6O3/c1-5-19(15(13-25)7-6-12-27-22(32)33-23(2,3)4)30-14-18(20(26)31)21(29-30)28-17-10-8-16(24)9-11-17/h8-11,14-15,19H,5-7,12H2,1-4H3,(H2,26,31)(H,27,32)(H,28,29)/t15-,19-/m0/s1. The minimum Gasteiger partial charge on any atom is -0.444 e. The molecule has 10 heteroatoms. The van der Waals surface area contributed by atoms with E-state index in [4.69, 9.17) is 10.5 Å². The summed E-state index contributed by atoms with van der Waals surface area (Å²) in [6.45, 7) is 7.65. The summed E-state index contributed by atoms with van der Waals surface area (Å²) in [4.78, 5) is 23.7. The number of primary amides is 1. The number of halogens is 1. The molecular formula is C23H31FN6O3. The topological polar surface area (TPSA) is 135 Å². The van der Waals surface area contributed by atoms with Crippen LogP contribution in [0.5, 0.6) is 0 Å². The van der Waals surface area contributed by atoms with Gasteiger partial charge in [0.15, 0.2) is 5.82 Å². The molecule has 0 saturated heterocycles. The van der Waals surface area contributed by atoms with E-state index in [2.05, 4.69) is 21.8 Å². The monoisotopic (exact) mass is 458 g/mol. The second-order valence-corrected chi connectivity index (χ2v) is 8.65. The van der Waals surface area contributed by atoms with E-state index in [0.29, 0.717) is 31.5 Å². The van der Waals surface area contributed by atoms with Crippen molar-refractivity contribution in [3.05, 3.63) is 41.8 Å². The molecule has 0 unspecified atom stereocenters. The third-order valence-electron chi connectivity index (χ3n) is 4.85. The van der Waals surface area contributed by atoms with E-state index in [9.17, 15) is 19.2 Å². The first-order chi connectivity index (χ1) is 15.5. The molecule has 0 spiro atoms. The number of alkyl carbamates (subject to hydrolysis) is 1. The molecule has 4 N–H and O–H groups in total. The van der Waals surface area contributed by atoms with Crippen LogP contribution in [0.3, 0.4) is 0 Å². The minimum absolute atomic E-state index is 0.168. The predicted molar refractivity (Wildman–Crippen MR) is 122 cm³/mol. The minimum atomic E-state index is -0.671. The van der Waals surface area contributed by atoms with Crippen LogP contribution in [0.4, 0.5) is 20.7 Å². The highest BCUT2D eigenvalue weighted by molar-refractivity contribution is 5.98. The van der Waals surface area contributed by atoms with E-state index in [1.54, 1.807) is 25.5 Å². The van der Waals surface area contributed by atoms with Crippen LogP contribution in [0, 0.1) is 23.1 Å². The fraction of sp³-hybridized carbons (Fsp3) is 0.478. The highest BCUT2D eigenvalue weighted by Crippen LogP contribution is 2.28. The van der Waals surface area contributed by atoms with Crippen molar-refractivity contribution in [2.75, 3.05) is 11.9 Å². The molecule has 1 aromatic carbocycles. The van der Waals surface area contributed by atoms with Gasteiger partial charge >= 0.3 is 6.09 Å². The SMILES string of the molecule is CC[C@@H]([C@H](C#N)CCCNC(=O)OC(C)(C)C)n1cc(C(N)=O)c(Nc2ccc(F)cc2)n1. The van der Waals surface area contributed by atoms with Crippen molar-refractivity contribution in [2.24, 2.45) is 11.7 Å². The highest BCUT2D eigenvalue weighted by Gasteiger charge is 2.25. The summed E-state index contributed by atoms with van der Waals surface area (Å²) in [5, 5.41) is 19.9. The average Bonchev–Trinajstić information content (AvgIpc) is 3.14. The smallest absolute Gasteiger partial charge is 0.407 e. The Kier molecular flexibility index (Phi) is 8.79. The molecule has 0 bridgehead atoms. The molecule has 9 nitrogen and oxygen atoms in total. The van der Waals surface area contributed by atoms with Gasteiger partial charge in [0.25, 0.3) is 5.91 Å². The van der Waals surface area contributed by atoms with Crippen molar-refractivity contribution in [3.63, 3.8) is 0 Å². The number of hydrogen-bond donors (Lipinski definition) is 3. The lowest BCUT2D eigenvalue weighted by atomic mass is 9.94. The third kappa shape index (κ3) is 7.79. The van der Waals surface area contributed by atoms with Gasteiger partial charge in [0, 0.05) is 18.4 Å². The molecule has 0 aliphatic rings. The van der Waals surface area contributed by atoms with Crippen LogP contribution >= 0.6 is 0 Å². The number of hydrogen-bond acceptors (Lipinski definition) is 6. The maximum atomic E-state index is 13.2. The fourth-order valence-electron chi connectivity index (χ4n) is 3.33. The van der Waals surface area contributed by atoms with Gasteiger partial charge in [-0.25, -0.2) is 9.18 Å². The van der Waals surface area contributed by atoms with Gasteiger partial charge in [-0.3, -0.25) is 9.48 Å². The number of nitriles is 1. The van der Waals surface area contributed by atoms with E-state index in [-0.39, 0.29) is 23.2 Å². The molecule has 0 saturated carbocycles. The zero-order valence-electron chi connectivity index (χ0n) is 19.4. The van der Waals surface area contributed by atoms with Crippen LogP contribution in [0.2, 0.25) is 0 Å². The molecule has 0 aliphatic carbocycles. The van der Waals surface area contributed by atoms with Crippen molar-refractivity contribution >= 4 is 23.5 Å². The predicted octanol–water partition coefficient (Wildman–Crippen LogP) is 4.26. The summed E-state index contributed by atoms with van der Waals surface area (Å²) in [5.74, 6) is -1.23. The number of nitrogens with two attached hydrogens (primary N) is 1. The molecule has 0 aliphatic heterocycles. The summed E-state index contributed by atoms with van der Waals surface area (Å²) in [5.41, 5.74) is 5.65. The van der Waals surface area contributed by atoms with Crippen molar-refractivity contribution in [1.82, 2.24) is 15.1 Å². The second-order valence-electron chi connectivity index (χ2n) is 8.65. The lowest BCUT2D eigenvalue weighted by molar-refractivity contribution is 0.0526. The Morgan fingerprint density at radius 3 is 2.52 bits per heavy atom. The zero-order valence-corrected chi connectivity index (χ0v) is 19.4. The quantitative estimate of drug-likeness (QED) is 0.455. The van der Waals surface area contributed by atoms with Crippen molar-refractivity contribution < 1.29 is 18.7 Å². The number of benzene rings is 1. The number of carbonyl (C=O) groups excluding carboxylic acids is 2. The number of carbonyl (C=O) groups is 2. The third-order valence-corrected chi connectivity index (χ3v) is 4.85. The second kappa shape index (κ2) is 11.3. The molecule has 0 radical (unpaired) electrons. The largest absolute Gasteiger partial charge is 0.444 e. The van der Waals surface area contributed by atoms with Crippen LogP contribution in [0.1, 0.15) is 63.4 Å². The van der Waals surface area contributed by atoms with Crippen molar-refractivity contribution in [2.45, 2.75) is 58.6 Å².